The first-order valence-corrected chi connectivity index (χ1v) is 20.9. The molecular formula is C34H21BrCl4F6N6O6S2. The Morgan fingerprint density at radius 2 is 1.39 bits per heavy atom. The molecule has 0 atom stereocenters. The van der Waals surface area contributed by atoms with Gasteiger partial charge in [-0.3, -0.25) is 14.5 Å². The van der Waals surface area contributed by atoms with Gasteiger partial charge in [-0.05, 0) is 70.5 Å². The first kappa shape index (κ1) is 45.9. The van der Waals surface area contributed by atoms with E-state index >= 15 is 0 Å². The Morgan fingerprint density at radius 3 is 2.00 bits per heavy atom. The maximum Gasteiger partial charge on any atom is 0.417 e. The summed E-state index contributed by atoms with van der Waals surface area (Å²) >= 11 is 26.0. The zero-order chi connectivity index (χ0) is 43.7. The second-order valence-corrected chi connectivity index (χ2v) is 17.6. The minimum atomic E-state index is -4.87. The van der Waals surface area contributed by atoms with Crippen molar-refractivity contribution in [3.63, 3.8) is 0 Å². The number of pyridine rings is 3. The van der Waals surface area contributed by atoms with Crippen molar-refractivity contribution in [1.82, 2.24) is 19.9 Å². The van der Waals surface area contributed by atoms with Crippen molar-refractivity contribution in [1.29, 1.82) is 0 Å². The number of carbonyl (C=O) groups excluding carboxylic acids is 1. The third-order valence-corrected chi connectivity index (χ3v) is 12.5. The quantitative estimate of drug-likeness (QED) is 0.0588. The van der Waals surface area contributed by atoms with Gasteiger partial charge in [0.25, 0.3) is 20.0 Å². The molecule has 0 saturated carbocycles. The first-order chi connectivity index (χ1) is 27.4. The standard InChI is InChI=1S/C20H11Cl2F3N4O3S.C14H10BrCl2F3N2O3S/c21-10-5-16(29-33(31,32)11-1-2-15(22)14(6-11)20(23,24)25)18(28-7-10)19(30)13-8-26-9-17-12(13)3-4-27-17;1-25-7-22(12-4-8(16)6-21-13(12)15)26(23,24)9-2-3-11(17)10(5-9)14(18,19)20/h1-9,27,29H;2-6H,7H2,1H3. The summed E-state index contributed by atoms with van der Waals surface area (Å²) in [5.74, 6) is -0.672. The van der Waals surface area contributed by atoms with Crippen LogP contribution in [0.2, 0.25) is 20.1 Å². The van der Waals surface area contributed by atoms with Gasteiger partial charge in [0.05, 0.1) is 69.7 Å². The summed E-state index contributed by atoms with van der Waals surface area (Å²) in [4.78, 5) is 26.6. The maximum atomic E-state index is 13.2. The average molecular weight is 1010 g/mol. The van der Waals surface area contributed by atoms with Crippen molar-refractivity contribution < 1.29 is 52.7 Å². The number of rotatable bonds is 10. The number of ether oxygens (including phenoxy) is 1. The van der Waals surface area contributed by atoms with Crippen LogP contribution in [0.5, 0.6) is 0 Å². The molecule has 0 amide bonds. The van der Waals surface area contributed by atoms with E-state index in [1.165, 1.54) is 31.8 Å². The highest BCUT2D eigenvalue weighted by atomic mass is 79.9. The molecule has 12 nitrogen and oxygen atoms in total. The smallest absolute Gasteiger partial charge is 0.363 e. The number of nitrogens with zero attached hydrogens (tertiary/aromatic N) is 4. The van der Waals surface area contributed by atoms with E-state index in [-0.39, 0.29) is 37.3 Å². The molecular weight excluding hydrogens is 988 g/mol. The normalized spacial score (nSPS) is 12.2. The Morgan fingerprint density at radius 1 is 0.814 bits per heavy atom. The van der Waals surface area contributed by atoms with E-state index in [9.17, 15) is 48.0 Å². The fraction of sp³-hybridized carbons (Fsp3) is 0.118. The predicted molar refractivity (Wildman–Crippen MR) is 211 cm³/mol. The molecule has 0 saturated heterocycles. The van der Waals surface area contributed by atoms with Crippen LogP contribution in [0.3, 0.4) is 0 Å². The molecule has 25 heteroatoms. The van der Waals surface area contributed by atoms with Crippen LogP contribution < -0.4 is 9.03 Å². The lowest BCUT2D eigenvalue weighted by Gasteiger charge is -2.24. The van der Waals surface area contributed by atoms with Gasteiger partial charge in [-0.1, -0.05) is 46.4 Å². The predicted octanol–water partition coefficient (Wildman–Crippen LogP) is 10.3. The minimum absolute atomic E-state index is 0.00265. The second kappa shape index (κ2) is 17.8. The van der Waals surface area contributed by atoms with E-state index in [0.29, 0.717) is 23.0 Å². The number of halogens is 11. The van der Waals surface area contributed by atoms with Gasteiger partial charge in [0.15, 0.2) is 0 Å². The molecule has 0 unspecified atom stereocenters. The molecule has 6 rings (SSSR count). The van der Waals surface area contributed by atoms with Crippen LogP contribution in [0.1, 0.15) is 27.2 Å². The monoisotopic (exact) mass is 1010 g/mol. The fourth-order valence-electron chi connectivity index (χ4n) is 5.06. The van der Waals surface area contributed by atoms with Gasteiger partial charge in [-0.2, -0.15) is 26.3 Å². The number of methoxy groups -OCH3 is 1. The first-order valence-electron chi connectivity index (χ1n) is 15.7. The molecule has 0 aliphatic heterocycles. The number of anilines is 2. The Labute approximate surface area is 358 Å². The molecule has 0 bridgehead atoms. The molecule has 312 valence electrons. The zero-order valence-corrected chi connectivity index (χ0v) is 35.2. The molecule has 0 spiro atoms. The van der Waals surface area contributed by atoms with Gasteiger partial charge >= 0.3 is 12.4 Å². The Kier molecular flexibility index (Phi) is 13.8. The van der Waals surface area contributed by atoms with Crippen LogP contribution in [-0.4, -0.2) is 56.4 Å². The summed E-state index contributed by atoms with van der Waals surface area (Å²) in [5, 5.41) is -0.622. The van der Waals surface area contributed by atoms with Gasteiger partial charge < -0.3 is 9.72 Å². The van der Waals surface area contributed by atoms with Gasteiger partial charge in [-0.15, -0.1) is 0 Å². The molecule has 4 aromatic heterocycles. The third kappa shape index (κ3) is 10.4. The number of hydrogen-bond donors (Lipinski definition) is 2. The topological polar surface area (TPSA) is 164 Å². The van der Waals surface area contributed by atoms with Crippen LogP contribution in [0.15, 0.2) is 100.0 Å². The molecule has 0 fully saturated rings. The molecule has 0 aliphatic rings. The zero-order valence-electron chi connectivity index (χ0n) is 29.0. The van der Waals surface area contributed by atoms with E-state index < -0.39 is 75.9 Å². The van der Waals surface area contributed by atoms with Crippen molar-refractivity contribution in [2.75, 3.05) is 22.9 Å². The SMILES string of the molecule is COCN(c1cc(Cl)cnc1Br)S(=O)(=O)c1ccc(Cl)c(C(F)(F)F)c1.O=C(c1ncc(Cl)cc1NS(=O)(=O)c1ccc(Cl)c(C(F)(F)F)c1)c1cncc2[nH]ccc12. The summed E-state index contributed by atoms with van der Waals surface area (Å²) in [5.41, 5.74) is -2.51. The lowest BCUT2D eigenvalue weighted by Crippen LogP contribution is -2.33. The number of sulfonamides is 2. The number of benzene rings is 2. The summed E-state index contributed by atoms with van der Waals surface area (Å²) in [6.07, 6.45) is -2.87. The van der Waals surface area contributed by atoms with E-state index in [4.69, 9.17) is 51.1 Å². The number of hydrogen-bond acceptors (Lipinski definition) is 9. The van der Waals surface area contributed by atoms with Crippen molar-refractivity contribution in [3.8, 4) is 0 Å². The van der Waals surface area contributed by atoms with Crippen molar-refractivity contribution in [2.45, 2.75) is 22.1 Å². The largest absolute Gasteiger partial charge is 0.417 e. The second-order valence-electron chi connectivity index (χ2n) is 11.6. The van der Waals surface area contributed by atoms with E-state index in [1.54, 1.807) is 12.3 Å². The van der Waals surface area contributed by atoms with Crippen LogP contribution in [0, 0.1) is 0 Å². The number of carbonyl (C=O) groups is 1. The number of alkyl halides is 6. The molecule has 4 heterocycles. The van der Waals surface area contributed by atoms with E-state index in [0.717, 1.165) is 40.8 Å². The number of ketones is 1. The molecule has 6 aromatic rings. The van der Waals surface area contributed by atoms with E-state index in [2.05, 4.69) is 40.6 Å². The van der Waals surface area contributed by atoms with Gasteiger partial charge in [-0.25, -0.2) is 31.1 Å². The lowest BCUT2D eigenvalue weighted by atomic mass is 10.1. The van der Waals surface area contributed by atoms with Crippen molar-refractivity contribution in [3.05, 3.63) is 133 Å². The van der Waals surface area contributed by atoms with Gasteiger partial charge in [0, 0.05) is 37.3 Å². The summed E-state index contributed by atoms with van der Waals surface area (Å²) in [6, 6.07) is 8.48. The summed E-state index contributed by atoms with van der Waals surface area (Å²) in [6.45, 7) is -0.479. The molecule has 59 heavy (non-hydrogen) atoms. The number of H-pyrrole nitrogens is 1. The third-order valence-electron chi connectivity index (χ3n) is 7.72. The highest BCUT2D eigenvalue weighted by Crippen LogP contribution is 2.39. The lowest BCUT2D eigenvalue weighted by molar-refractivity contribution is -0.138. The molecule has 0 radical (unpaired) electrons. The van der Waals surface area contributed by atoms with Gasteiger partial charge in [0.1, 0.15) is 17.0 Å². The summed E-state index contributed by atoms with van der Waals surface area (Å²) in [7, 11) is -7.78. The fourth-order valence-corrected chi connectivity index (χ4v) is 8.86. The Hall–Kier alpha value is -4.22. The van der Waals surface area contributed by atoms with Crippen molar-refractivity contribution >= 4 is 110 Å². The highest BCUT2D eigenvalue weighted by Gasteiger charge is 2.37. The number of aromatic nitrogens is 4. The molecule has 2 N–H and O–H groups in total. The maximum absolute atomic E-state index is 13.2. The van der Waals surface area contributed by atoms with E-state index in [1.807, 2.05) is 0 Å². The summed E-state index contributed by atoms with van der Waals surface area (Å²) < 4.78 is 138. The van der Waals surface area contributed by atoms with Crippen LogP contribution in [-0.2, 0) is 37.1 Å². The molecule has 0 aliphatic carbocycles. The average Bonchev–Trinajstić information content (AvgIpc) is 3.63. The Balaban J connectivity index is 0.000000231. The van der Waals surface area contributed by atoms with Gasteiger partial charge in [0.2, 0.25) is 5.78 Å². The van der Waals surface area contributed by atoms with Crippen LogP contribution in [0.4, 0.5) is 37.7 Å². The number of aromatic amines is 1. The minimum Gasteiger partial charge on any atom is -0.363 e. The van der Waals surface area contributed by atoms with Crippen LogP contribution in [0.25, 0.3) is 10.9 Å². The Bertz CT molecular complexity index is 2800. The number of fused-ring (bicyclic) bond motifs is 1. The highest BCUT2D eigenvalue weighted by molar-refractivity contribution is 9.10. The van der Waals surface area contributed by atoms with Crippen LogP contribution >= 0.6 is 62.3 Å². The van der Waals surface area contributed by atoms with Crippen molar-refractivity contribution in [2.24, 2.45) is 0 Å². The number of nitrogens with one attached hydrogen (secondary N) is 2. The molecule has 2 aromatic carbocycles.